The second-order valence-electron chi connectivity index (χ2n) is 12.7. The van der Waals surface area contributed by atoms with E-state index in [9.17, 15) is 5.11 Å². The van der Waals surface area contributed by atoms with Crippen molar-refractivity contribution in [2.75, 3.05) is 0 Å². The third kappa shape index (κ3) is 13.3. The topological polar surface area (TPSA) is 20.2 Å². The lowest BCUT2D eigenvalue weighted by molar-refractivity contribution is 0.474. The van der Waals surface area contributed by atoms with Crippen LogP contribution in [0.2, 0.25) is 0 Å². The standard InChI is InChI=1S/C39H64O/c1-5-7-9-11-13-15-17-19-21-24-30-35-32-37(40)39(34-28-25-23-26-29-34)38(33(3)4)36(35)31-27-22-20-18-16-14-12-10-8-6-2/h23,25-26,28-29,32-33,40H,5-22,24,27,30-31H2,1-4H3. The fourth-order valence-electron chi connectivity index (χ4n) is 6.44. The largest absolute Gasteiger partial charge is 0.507 e. The van der Waals surface area contributed by atoms with Gasteiger partial charge in [0.05, 0.1) is 0 Å². The summed E-state index contributed by atoms with van der Waals surface area (Å²) < 4.78 is 0. The normalized spacial score (nSPS) is 11.5. The van der Waals surface area contributed by atoms with Crippen molar-refractivity contribution < 1.29 is 5.11 Å². The maximum atomic E-state index is 11.3. The molecule has 0 spiro atoms. The average molecular weight is 549 g/mol. The van der Waals surface area contributed by atoms with Crippen LogP contribution in [0.3, 0.4) is 0 Å². The van der Waals surface area contributed by atoms with Gasteiger partial charge in [-0.15, -0.1) is 0 Å². The van der Waals surface area contributed by atoms with Gasteiger partial charge in [-0.2, -0.15) is 0 Å². The molecule has 226 valence electrons. The Kier molecular flexibility index (Phi) is 18.9. The monoisotopic (exact) mass is 548 g/mol. The van der Waals surface area contributed by atoms with Crippen molar-refractivity contribution in [2.24, 2.45) is 0 Å². The quantitative estimate of drug-likeness (QED) is 0.129. The van der Waals surface area contributed by atoms with Crippen LogP contribution in [0.4, 0.5) is 0 Å². The van der Waals surface area contributed by atoms with E-state index in [0.29, 0.717) is 11.7 Å². The van der Waals surface area contributed by atoms with Gasteiger partial charge >= 0.3 is 0 Å². The van der Waals surface area contributed by atoms with E-state index in [1.54, 1.807) is 5.56 Å². The number of aryl methyl sites for hydroxylation is 1. The van der Waals surface area contributed by atoms with Gasteiger partial charge in [0, 0.05) is 5.56 Å². The fraction of sp³-hybridized carbons (Fsp3) is 0.692. The van der Waals surface area contributed by atoms with Gasteiger partial charge in [0.1, 0.15) is 5.75 Å². The summed E-state index contributed by atoms with van der Waals surface area (Å²) in [5, 5.41) is 11.3. The molecule has 1 nitrogen and oxygen atoms in total. The molecule has 0 amide bonds. The van der Waals surface area contributed by atoms with Gasteiger partial charge < -0.3 is 5.11 Å². The van der Waals surface area contributed by atoms with E-state index in [-0.39, 0.29) is 0 Å². The number of phenols is 1. The van der Waals surface area contributed by atoms with Crippen LogP contribution >= 0.6 is 0 Å². The minimum atomic E-state index is 0.395. The van der Waals surface area contributed by atoms with Crippen LogP contribution < -0.4 is 0 Å². The smallest absolute Gasteiger partial charge is 0.123 e. The highest BCUT2D eigenvalue weighted by Gasteiger charge is 2.21. The van der Waals surface area contributed by atoms with Crippen LogP contribution in [0.15, 0.2) is 36.4 Å². The molecule has 2 aromatic carbocycles. The molecule has 0 aliphatic heterocycles. The first-order valence-corrected chi connectivity index (χ1v) is 17.5. The fourth-order valence-corrected chi connectivity index (χ4v) is 6.44. The van der Waals surface area contributed by atoms with Gasteiger partial charge in [-0.3, -0.25) is 0 Å². The predicted molar refractivity (Wildman–Crippen MR) is 179 cm³/mol. The first-order chi connectivity index (χ1) is 19.6. The molecule has 0 fully saturated rings. The molecule has 0 aliphatic rings. The van der Waals surface area contributed by atoms with E-state index in [2.05, 4.69) is 64.1 Å². The van der Waals surface area contributed by atoms with Crippen LogP contribution in [-0.2, 0) is 12.8 Å². The summed E-state index contributed by atoms with van der Waals surface area (Å²) >= 11 is 0. The molecule has 0 aliphatic carbocycles. The Morgan fingerprint density at radius 3 is 1.43 bits per heavy atom. The van der Waals surface area contributed by atoms with E-state index in [4.69, 9.17) is 0 Å². The minimum Gasteiger partial charge on any atom is -0.507 e. The summed E-state index contributed by atoms with van der Waals surface area (Å²) in [6.45, 7) is 9.22. The third-order valence-corrected chi connectivity index (χ3v) is 8.77. The summed E-state index contributed by atoms with van der Waals surface area (Å²) in [4.78, 5) is 0. The van der Waals surface area contributed by atoms with Crippen LogP contribution in [-0.4, -0.2) is 5.11 Å². The first kappa shape index (κ1) is 34.4. The molecule has 40 heavy (non-hydrogen) atoms. The van der Waals surface area contributed by atoms with Gasteiger partial charge in [0.15, 0.2) is 0 Å². The van der Waals surface area contributed by atoms with Crippen LogP contribution in [0.5, 0.6) is 5.75 Å². The zero-order valence-corrected chi connectivity index (χ0v) is 27.0. The highest BCUT2D eigenvalue weighted by Crippen LogP contribution is 2.41. The molecular formula is C39H64O. The number of hydrogen-bond donors (Lipinski definition) is 1. The van der Waals surface area contributed by atoms with E-state index in [0.717, 1.165) is 24.0 Å². The molecule has 2 rings (SSSR count). The molecule has 0 radical (unpaired) electrons. The molecular weight excluding hydrogens is 484 g/mol. The highest BCUT2D eigenvalue weighted by molar-refractivity contribution is 5.76. The summed E-state index contributed by atoms with van der Waals surface area (Å²) in [7, 11) is 0. The van der Waals surface area contributed by atoms with Crippen molar-refractivity contribution >= 4 is 0 Å². The van der Waals surface area contributed by atoms with Crippen LogP contribution in [0.25, 0.3) is 11.1 Å². The first-order valence-electron chi connectivity index (χ1n) is 17.5. The SMILES string of the molecule is CCCCCCCCCCCCc1cc(O)c(-c2ccccc2)c(C(C)C)c1CCCCCCCCCCCC. The molecule has 1 heteroatoms. The number of rotatable bonds is 24. The Morgan fingerprint density at radius 1 is 0.550 bits per heavy atom. The van der Waals surface area contributed by atoms with Crippen molar-refractivity contribution in [3.8, 4) is 16.9 Å². The Bertz CT molecular complexity index is 881. The Hall–Kier alpha value is -1.76. The van der Waals surface area contributed by atoms with Gasteiger partial charge in [0.2, 0.25) is 0 Å². The van der Waals surface area contributed by atoms with E-state index >= 15 is 0 Å². The number of unbranched alkanes of at least 4 members (excludes halogenated alkanes) is 18. The second-order valence-corrected chi connectivity index (χ2v) is 12.7. The van der Waals surface area contributed by atoms with E-state index < -0.39 is 0 Å². The molecule has 1 N–H and O–H groups in total. The third-order valence-electron chi connectivity index (χ3n) is 8.77. The zero-order valence-electron chi connectivity index (χ0n) is 27.0. The number of hydrogen-bond acceptors (Lipinski definition) is 1. The molecule has 0 bridgehead atoms. The van der Waals surface area contributed by atoms with Gasteiger partial charge in [-0.1, -0.05) is 174 Å². The van der Waals surface area contributed by atoms with Crippen LogP contribution in [0, 0.1) is 0 Å². The Morgan fingerprint density at radius 2 is 0.975 bits per heavy atom. The average Bonchev–Trinajstić information content (AvgIpc) is 2.95. The van der Waals surface area contributed by atoms with E-state index in [1.165, 1.54) is 140 Å². The van der Waals surface area contributed by atoms with Crippen molar-refractivity contribution in [1.29, 1.82) is 0 Å². The lowest BCUT2D eigenvalue weighted by Crippen LogP contribution is -2.06. The minimum absolute atomic E-state index is 0.395. The highest BCUT2D eigenvalue weighted by atomic mass is 16.3. The van der Waals surface area contributed by atoms with Crippen molar-refractivity contribution in [1.82, 2.24) is 0 Å². The Balaban J connectivity index is 1.99. The zero-order chi connectivity index (χ0) is 28.8. The lowest BCUT2D eigenvalue weighted by Gasteiger charge is -2.23. The maximum absolute atomic E-state index is 11.3. The van der Waals surface area contributed by atoms with E-state index in [1.807, 2.05) is 0 Å². The van der Waals surface area contributed by atoms with Crippen molar-refractivity contribution in [3.63, 3.8) is 0 Å². The van der Waals surface area contributed by atoms with Gasteiger partial charge in [0.25, 0.3) is 0 Å². The number of aromatic hydroxyl groups is 1. The number of benzene rings is 2. The molecule has 0 heterocycles. The van der Waals surface area contributed by atoms with Crippen LogP contribution in [0.1, 0.15) is 179 Å². The molecule has 0 aromatic heterocycles. The summed E-state index contributed by atoms with van der Waals surface area (Å²) in [6.07, 6.45) is 29.7. The number of phenolic OH excluding ortho intramolecular Hbond substituents is 1. The molecule has 0 unspecified atom stereocenters. The van der Waals surface area contributed by atoms with Gasteiger partial charge in [-0.05, 0) is 59.9 Å². The molecule has 0 atom stereocenters. The Labute approximate surface area is 249 Å². The molecule has 0 saturated carbocycles. The summed E-state index contributed by atoms with van der Waals surface area (Å²) in [5.41, 5.74) is 6.57. The van der Waals surface area contributed by atoms with Crippen molar-refractivity contribution in [2.45, 2.75) is 175 Å². The summed E-state index contributed by atoms with van der Waals surface area (Å²) in [6, 6.07) is 12.7. The predicted octanol–water partition coefficient (Wildman–Crippen LogP) is 13.1. The van der Waals surface area contributed by atoms with Crippen molar-refractivity contribution in [3.05, 3.63) is 53.1 Å². The van der Waals surface area contributed by atoms with Gasteiger partial charge in [-0.25, -0.2) is 0 Å². The molecule has 2 aromatic rings. The molecule has 0 saturated heterocycles. The summed E-state index contributed by atoms with van der Waals surface area (Å²) in [5.74, 6) is 0.871. The second kappa shape index (κ2) is 21.9. The lowest BCUT2D eigenvalue weighted by atomic mass is 9.82. The maximum Gasteiger partial charge on any atom is 0.123 e.